The van der Waals surface area contributed by atoms with Gasteiger partial charge in [0.1, 0.15) is 10.5 Å². The minimum absolute atomic E-state index is 0.0567. The third kappa shape index (κ3) is 3.29. The normalized spacial score (nSPS) is 17.3. The van der Waals surface area contributed by atoms with Gasteiger partial charge in [0.15, 0.2) is 0 Å². The lowest BCUT2D eigenvalue weighted by Gasteiger charge is -2.09. The Labute approximate surface area is 154 Å². The Morgan fingerprint density at radius 3 is 2.96 bits per heavy atom. The number of halogens is 1. The van der Waals surface area contributed by atoms with E-state index >= 15 is 0 Å². The highest BCUT2D eigenvalue weighted by atomic mass is 35.5. The number of aromatic nitrogens is 2. The van der Waals surface area contributed by atoms with E-state index in [1.54, 1.807) is 0 Å². The van der Waals surface area contributed by atoms with Crippen LogP contribution in [0.1, 0.15) is 22.5 Å². The molecule has 1 saturated heterocycles. The van der Waals surface area contributed by atoms with Gasteiger partial charge in [0.05, 0.1) is 11.0 Å². The maximum Gasteiger partial charge on any atom is 0.261 e. The highest BCUT2D eigenvalue weighted by Crippen LogP contribution is 2.34. The Morgan fingerprint density at radius 2 is 2.24 bits per heavy atom. The van der Waals surface area contributed by atoms with Gasteiger partial charge in [-0.15, -0.1) is 11.3 Å². The molecule has 1 N–H and O–H groups in total. The molecular formula is C18H18ClN3O2S. The zero-order valence-corrected chi connectivity index (χ0v) is 15.4. The molecule has 1 amide bonds. The van der Waals surface area contributed by atoms with Crippen molar-refractivity contribution in [3.8, 4) is 11.3 Å². The highest BCUT2D eigenvalue weighted by molar-refractivity contribution is 7.20. The van der Waals surface area contributed by atoms with Crippen LogP contribution in [0.5, 0.6) is 0 Å². The molecule has 1 aromatic carbocycles. The summed E-state index contributed by atoms with van der Waals surface area (Å²) < 4.78 is 7.37. The Morgan fingerprint density at radius 1 is 1.44 bits per heavy atom. The lowest BCUT2D eigenvalue weighted by Crippen LogP contribution is -2.31. The molecule has 4 rings (SSSR count). The summed E-state index contributed by atoms with van der Waals surface area (Å²) in [4.78, 5) is 14.1. The van der Waals surface area contributed by atoms with Crippen LogP contribution in [0, 0.1) is 0 Å². The number of rotatable bonds is 4. The number of hydrogen-bond donors (Lipinski definition) is 1. The van der Waals surface area contributed by atoms with Crippen molar-refractivity contribution in [1.82, 2.24) is 15.1 Å². The van der Waals surface area contributed by atoms with Gasteiger partial charge in [-0.2, -0.15) is 5.10 Å². The molecule has 0 saturated carbocycles. The van der Waals surface area contributed by atoms with Gasteiger partial charge in [0.2, 0.25) is 0 Å². The van der Waals surface area contributed by atoms with Crippen LogP contribution in [0.4, 0.5) is 0 Å². The second-order valence-electron chi connectivity index (χ2n) is 6.15. The van der Waals surface area contributed by atoms with E-state index < -0.39 is 0 Å². The van der Waals surface area contributed by atoms with Gasteiger partial charge in [-0.05, 0) is 31.0 Å². The molecule has 130 valence electrons. The minimum Gasteiger partial charge on any atom is -0.376 e. The Kier molecular flexibility index (Phi) is 4.50. The molecule has 3 aromatic rings. The fourth-order valence-corrected chi connectivity index (χ4v) is 4.19. The van der Waals surface area contributed by atoms with Crippen LogP contribution in [0.2, 0.25) is 5.02 Å². The molecule has 0 unspecified atom stereocenters. The first kappa shape index (κ1) is 16.6. The Balaban J connectivity index is 1.60. The van der Waals surface area contributed by atoms with Crippen LogP contribution in [-0.4, -0.2) is 34.9 Å². The molecule has 0 spiro atoms. The van der Waals surface area contributed by atoms with Gasteiger partial charge in [-0.25, -0.2) is 0 Å². The SMILES string of the molecule is Cn1nc(-c2ccc(Cl)cc2)c2cc(C(=O)NC[C@@H]3CCCO3)sc21. The van der Waals surface area contributed by atoms with Crippen LogP contribution in [0.15, 0.2) is 30.3 Å². The average Bonchev–Trinajstić information content (AvgIpc) is 3.32. The van der Waals surface area contributed by atoms with E-state index in [0.717, 1.165) is 40.9 Å². The molecule has 25 heavy (non-hydrogen) atoms. The number of ether oxygens (including phenoxy) is 1. The maximum absolute atomic E-state index is 12.5. The summed E-state index contributed by atoms with van der Waals surface area (Å²) in [6, 6.07) is 9.50. The lowest BCUT2D eigenvalue weighted by atomic mass is 10.1. The topological polar surface area (TPSA) is 56.2 Å². The number of nitrogens with one attached hydrogen (secondary N) is 1. The summed E-state index contributed by atoms with van der Waals surface area (Å²) >= 11 is 7.42. The molecule has 3 heterocycles. The summed E-state index contributed by atoms with van der Waals surface area (Å²) in [5, 5.41) is 9.24. The standard InChI is InChI=1S/C18H18ClN3O2S/c1-22-18-14(16(21-22)11-4-6-12(19)7-5-11)9-15(25-18)17(23)20-10-13-3-2-8-24-13/h4-7,9,13H,2-3,8,10H2,1H3,(H,20,23)/t13-/m0/s1. The first-order chi connectivity index (χ1) is 12.1. The number of carbonyl (C=O) groups is 1. The second-order valence-corrected chi connectivity index (χ2v) is 7.62. The first-order valence-corrected chi connectivity index (χ1v) is 9.43. The molecule has 7 heteroatoms. The van der Waals surface area contributed by atoms with Crippen molar-refractivity contribution in [3.63, 3.8) is 0 Å². The van der Waals surface area contributed by atoms with Crippen molar-refractivity contribution >= 4 is 39.1 Å². The van der Waals surface area contributed by atoms with Crippen molar-refractivity contribution in [1.29, 1.82) is 0 Å². The second kappa shape index (κ2) is 6.78. The molecular weight excluding hydrogens is 358 g/mol. The monoisotopic (exact) mass is 375 g/mol. The summed E-state index contributed by atoms with van der Waals surface area (Å²) in [6.45, 7) is 1.36. The zero-order chi connectivity index (χ0) is 17.4. The number of fused-ring (bicyclic) bond motifs is 1. The Bertz CT molecular complexity index is 910. The molecule has 2 aromatic heterocycles. The molecule has 0 aliphatic carbocycles. The molecule has 0 bridgehead atoms. The third-order valence-electron chi connectivity index (χ3n) is 4.37. The molecule has 1 atom stereocenters. The van der Waals surface area contributed by atoms with Crippen LogP contribution >= 0.6 is 22.9 Å². The number of carbonyl (C=O) groups excluding carboxylic acids is 1. The van der Waals surface area contributed by atoms with Crippen molar-refractivity contribution in [3.05, 3.63) is 40.2 Å². The van der Waals surface area contributed by atoms with E-state index in [4.69, 9.17) is 16.3 Å². The number of amides is 1. The van der Waals surface area contributed by atoms with E-state index in [0.29, 0.717) is 16.4 Å². The molecule has 1 fully saturated rings. The predicted molar refractivity (Wildman–Crippen MR) is 100 cm³/mol. The number of nitrogens with zero attached hydrogens (tertiary/aromatic N) is 2. The summed E-state index contributed by atoms with van der Waals surface area (Å²) in [5.74, 6) is -0.0567. The van der Waals surface area contributed by atoms with Gasteiger partial charge < -0.3 is 10.1 Å². The average molecular weight is 376 g/mol. The summed E-state index contributed by atoms with van der Waals surface area (Å²) in [6.07, 6.45) is 2.22. The van der Waals surface area contributed by atoms with E-state index in [1.807, 2.05) is 42.1 Å². The van der Waals surface area contributed by atoms with E-state index in [1.165, 1.54) is 11.3 Å². The van der Waals surface area contributed by atoms with Crippen LogP contribution in [-0.2, 0) is 11.8 Å². The van der Waals surface area contributed by atoms with Crippen LogP contribution in [0.25, 0.3) is 21.5 Å². The fourth-order valence-electron chi connectivity index (χ4n) is 3.07. The van der Waals surface area contributed by atoms with Crippen LogP contribution in [0.3, 0.4) is 0 Å². The molecule has 5 nitrogen and oxygen atoms in total. The smallest absolute Gasteiger partial charge is 0.261 e. The van der Waals surface area contributed by atoms with E-state index in [2.05, 4.69) is 10.4 Å². The Hall–Kier alpha value is -1.89. The van der Waals surface area contributed by atoms with Crippen molar-refractivity contribution in [2.75, 3.05) is 13.2 Å². The number of aryl methyl sites for hydroxylation is 1. The molecule has 1 aliphatic rings. The van der Waals surface area contributed by atoms with E-state index in [-0.39, 0.29) is 12.0 Å². The zero-order valence-electron chi connectivity index (χ0n) is 13.8. The quantitative estimate of drug-likeness (QED) is 0.753. The maximum atomic E-state index is 12.5. The van der Waals surface area contributed by atoms with Crippen molar-refractivity contribution in [2.45, 2.75) is 18.9 Å². The fraction of sp³-hybridized carbons (Fsp3) is 0.333. The first-order valence-electron chi connectivity index (χ1n) is 8.24. The summed E-state index contributed by atoms with van der Waals surface area (Å²) in [7, 11) is 1.90. The molecule has 0 radical (unpaired) electrons. The van der Waals surface area contributed by atoms with Gasteiger partial charge in [0, 0.05) is 36.2 Å². The predicted octanol–water partition coefficient (Wildman–Crippen LogP) is 3.86. The van der Waals surface area contributed by atoms with Gasteiger partial charge in [-0.1, -0.05) is 23.7 Å². The highest BCUT2D eigenvalue weighted by Gasteiger charge is 2.20. The number of hydrogen-bond acceptors (Lipinski definition) is 4. The van der Waals surface area contributed by atoms with Crippen LogP contribution < -0.4 is 5.32 Å². The largest absolute Gasteiger partial charge is 0.376 e. The van der Waals surface area contributed by atoms with Crippen molar-refractivity contribution in [2.24, 2.45) is 7.05 Å². The van der Waals surface area contributed by atoms with Crippen molar-refractivity contribution < 1.29 is 9.53 Å². The van der Waals surface area contributed by atoms with Gasteiger partial charge in [0.25, 0.3) is 5.91 Å². The third-order valence-corrected chi connectivity index (χ3v) is 5.82. The van der Waals surface area contributed by atoms with E-state index in [9.17, 15) is 4.79 Å². The van der Waals surface area contributed by atoms with Gasteiger partial charge in [-0.3, -0.25) is 9.48 Å². The number of thiophene rings is 1. The molecule has 1 aliphatic heterocycles. The van der Waals surface area contributed by atoms with Gasteiger partial charge >= 0.3 is 0 Å². The minimum atomic E-state index is -0.0567. The number of benzene rings is 1. The summed E-state index contributed by atoms with van der Waals surface area (Å²) in [5.41, 5.74) is 1.85. The lowest BCUT2D eigenvalue weighted by molar-refractivity contribution is 0.0861.